The third-order valence-electron chi connectivity index (χ3n) is 3.59. The van der Waals surface area contributed by atoms with E-state index in [0.717, 1.165) is 16.7 Å². The summed E-state index contributed by atoms with van der Waals surface area (Å²) in [6.45, 7) is 1.59. The Bertz CT molecular complexity index is 755. The van der Waals surface area contributed by atoms with E-state index < -0.39 is 0 Å². The van der Waals surface area contributed by atoms with Crippen molar-refractivity contribution in [2.45, 2.75) is 14.4 Å². The summed E-state index contributed by atoms with van der Waals surface area (Å²) in [6.07, 6.45) is 0. The summed E-state index contributed by atoms with van der Waals surface area (Å²) in [5.74, 6) is 0.0968. The summed E-state index contributed by atoms with van der Waals surface area (Å²) in [5.41, 5.74) is 5.44. The van der Waals surface area contributed by atoms with E-state index in [-0.39, 0.29) is 13.2 Å². The van der Waals surface area contributed by atoms with Crippen LogP contribution in [0.3, 0.4) is 0 Å². The van der Waals surface area contributed by atoms with Gasteiger partial charge in [-0.25, -0.2) is 0 Å². The molecule has 0 aliphatic rings. The molecule has 0 fully saturated rings. The van der Waals surface area contributed by atoms with Crippen LogP contribution in [0.5, 0.6) is 0 Å². The van der Waals surface area contributed by atoms with E-state index in [4.69, 9.17) is 0 Å². The van der Waals surface area contributed by atoms with E-state index in [2.05, 4.69) is 36.4 Å². The highest BCUT2D eigenvalue weighted by Crippen LogP contribution is 2.26. The molecule has 0 amide bonds. The fraction of sp³-hybridized carbons (Fsp3) is 0.0952. The first-order chi connectivity index (χ1) is 10.2. The van der Waals surface area contributed by atoms with Crippen LogP contribution in [0.25, 0.3) is 22.3 Å². The lowest BCUT2D eigenvalue weighted by atomic mass is 9.98. The lowest BCUT2D eigenvalue weighted by Gasteiger charge is -2.06. The number of rotatable bonds is 3. The summed E-state index contributed by atoms with van der Waals surface area (Å²) in [4.78, 5) is 11.3. The van der Waals surface area contributed by atoms with Crippen molar-refractivity contribution in [3.8, 4) is 22.3 Å². The SMILES string of the molecule is C.CC(=O)c1ccc(-c2cccc(-c3ccccc3)c2)cc1. The van der Waals surface area contributed by atoms with E-state index in [1.54, 1.807) is 6.92 Å². The molecule has 0 aliphatic carbocycles. The molecule has 110 valence electrons. The average molecular weight is 288 g/mol. The van der Waals surface area contributed by atoms with E-state index in [0.29, 0.717) is 0 Å². The summed E-state index contributed by atoms with van der Waals surface area (Å²) >= 11 is 0. The second kappa shape index (κ2) is 6.86. The normalized spacial score (nSPS) is 9.86. The highest BCUT2D eigenvalue weighted by Gasteiger charge is 2.03. The minimum absolute atomic E-state index is 0. The first-order valence-corrected chi connectivity index (χ1v) is 7.01. The van der Waals surface area contributed by atoms with Crippen molar-refractivity contribution in [3.05, 3.63) is 84.4 Å². The lowest BCUT2D eigenvalue weighted by Crippen LogP contribution is -1.90. The molecule has 0 aliphatic heterocycles. The van der Waals surface area contributed by atoms with Crippen molar-refractivity contribution in [2.24, 2.45) is 0 Å². The number of ketones is 1. The van der Waals surface area contributed by atoms with E-state index in [1.807, 2.05) is 42.5 Å². The first-order valence-electron chi connectivity index (χ1n) is 7.01. The van der Waals surface area contributed by atoms with Crippen LogP contribution in [0.4, 0.5) is 0 Å². The third-order valence-corrected chi connectivity index (χ3v) is 3.59. The molecule has 0 saturated carbocycles. The van der Waals surface area contributed by atoms with Gasteiger partial charge in [-0.05, 0) is 35.2 Å². The van der Waals surface area contributed by atoms with Crippen LogP contribution in [-0.2, 0) is 0 Å². The molecule has 0 atom stereocenters. The Labute approximate surface area is 132 Å². The second-order valence-corrected chi connectivity index (χ2v) is 5.08. The predicted octanol–water partition coefficient (Wildman–Crippen LogP) is 5.86. The van der Waals surface area contributed by atoms with Crippen molar-refractivity contribution in [2.75, 3.05) is 0 Å². The molecule has 3 rings (SSSR count). The van der Waals surface area contributed by atoms with Gasteiger partial charge in [0.2, 0.25) is 0 Å². The van der Waals surface area contributed by atoms with Gasteiger partial charge in [0.05, 0.1) is 0 Å². The molecule has 3 aromatic rings. The van der Waals surface area contributed by atoms with Crippen molar-refractivity contribution < 1.29 is 4.79 Å². The Hall–Kier alpha value is -2.67. The van der Waals surface area contributed by atoms with Crippen LogP contribution in [0, 0.1) is 0 Å². The molecular formula is C21H20O. The topological polar surface area (TPSA) is 17.1 Å². The quantitative estimate of drug-likeness (QED) is 0.552. The maximum atomic E-state index is 11.3. The van der Waals surface area contributed by atoms with Crippen molar-refractivity contribution in [3.63, 3.8) is 0 Å². The van der Waals surface area contributed by atoms with Crippen molar-refractivity contribution in [1.29, 1.82) is 0 Å². The van der Waals surface area contributed by atoms with Crippen LogP contribution in [0.2, 0.25) is 0 Å². The molecule has 0 aromatic heterocycles. The first kappa shape index (κ1) is 15.7. The van der Waals surface area contributed by atoms with Gasteiger partial charge >= 0.3 is 0 Å². The minimum Gasteiger partial charge on any atom is -0.295 e. The number of carbonyl (C=O) groups excluding carboxylic acids is 1. The monoisotopic (exact) mass is 288 g/mol. The van der Waals surface area contributed by atoms with Gasteiger partial charge in [0.1, 0.15) is 0 Å². The van der Waals surface area contributed by atoms with E-state index in [1.165, 1.54) is 11.1 Å². The fourth-order valence-electron chi connectivity index (χ4n) is 2.41. The molecule has 0 saturated heterocycles. The zero-order valence-corrected chi connectivity index (χ0v) is 11.9. The summed E-state index contributed by atoms with van der Waals surface area (Å²) < 4.78 is 0. The highest BCUT2D eigenvalue weighted by molar-refractivity contribution is 5.94. The van der Waals surface area contributed by atoms with Crippen LogP contribution >= 0.6 is 0 Å². The maximum absolute atomic E-state index is 11.3. The Morgan fingerprint density at radius 2 is 1.14 bits per heavy atom. The van der Waals surface area contributed by atoms with Gasteiger partial charge in [0, 0.05) is 5.56 Å². The minimum atomic E-state index is 0. The molecule has 1 heteroatoms. The molecule has 0 spiro atoms. The molecule has 0 radical (unpaired) electrons. The predicted molar refractivity (Wildman–Crippen MR) is 94.0 cm³/mol. The Balaban J connectivity index is 0.00000176. The van der Waals surface area contributed by atoms with Gasteiger partial charge < -0.3 is 0 Å². The van der Waals surface area contributed by atoms with Gasteiger partial charge in [0.15, 0.2) is 5.78 Å². The molecule has 0 N–H and O–H groups in total. The number of Topliss-reactive ketones (excluding diaryl/α,β-unsaturated/α-hetero) is 1. The van der Waals surface area contributed by atoms with Crippen LogP contribution < -0.4 is 0 Å². The van der Waals surface area contributed by atoms with Crippen LogP contribution in [0.1, 0.15) is 24.7 Å². The molecule has 0 bridgehead atoms. The molecular weight excluding hydrogens is 268 g/mol. The molecule has 22 heavy (non-hydrogen) atoms. The smallest absolute Gasteiger partial charge is 0.159 e. The molecule has 0 heterocycles. The van der Waals surface area contributed by atoms with Gasteiger partial charge in [-0.3, -0.25) is 4.79 Å². The molecule has 1 nitrogen and oxygen atoms in total. The van der Waals surface area contributed by atoms with Crippen molar-refractivity contribution in [1.82, 2.24) is 0 Å². The summed E-state index contributed by atoms with van der Waals surface area (Å²) in [7, 11) is 0. The average Bonchev–Trinajstić information content (AvgIpc) is 2.56. The van der Waals surface area contributed by atoms with E-state index in [9.17, 15) is 4.79 Å². The van der Waals surface area contributed by atoms with E-state index >= 15 is 0 Å². The Morgan fingerprint density at radius 3 is 1.68 bits per heavy atom. The van der Waals surface area contributed by atoms with Crippen molar-refractivity contribution >= 4 is 5.78 Å². The largest absolute Gasteiger partial charge is 0.295 e. The Kier molecular flexibility index (Phi) is 4.90. The van der Waals surface area contributed by atoms with Gasteiger partial charge in [0.25, 0.3) is 0 Å². The maximum Gasteiger partial charge on any atom is 0.159 e. The van der Waals surface area contributed by atoms with Gasteiger partial charge in [-0.15, -0.1) is 0 Å². The summed E-state index contributed by atoms with van der Waals surface area (Å²) in [6, 6.07) is 26.5. The third kappa shape index (κ3) is 3.32. The number of benzene rings is 3. The van der Waals surface area contributed by atoms with Gasteiger partial charge in [-0.1, -0.05) is 80.2 Å². The zero-order valence-electron chi connectivity index (χ0n) is 11.9. The molecule has 3 aromatic carbocycles. The second-order valence-electron chi connectivity index (χ2n) is 5.08. The highest BCUT2D eigenvalue weighted by atomic mass is 16.1. The lowest BCUT2D eigenvalue weighted by molar-refractivity contribution is 0.101. The zero-order chi connectivity index (χ0) is 14.7. The van der Waals surface area contributed by atoms with Gasteiger partial charge in [-0.2, -0.15) is 0 Å². The number of hydrogen-bond donors (Lipinski definition) is 0. The number of hydrogen-bond acceptors (Lipinski definition) is 1. The standard InChI is InChI=1S/C20H16O.CH4/c1-15(21)16-10-12-18(13-11-16)20-9-5-8-19(14-20)17-6-3-2-4-7-17;/h2-14H,1H3;1H4. The van der Waals surface area contributed by atoms with Crippen LogP contribution in [0.15, 0.2) is 78.9 Å². The summed E-state index contributed by atoms with van der Waals surface area (Å²) in [5, 5.41) is 0. The Morgan fingerprint density at radius 1 is 0.636 bits per heavy atom. The van der Waals surface area contributed by atoms with Crippen LogP contribution in [-0.4, -0.2) is 5.78 Å². The fourth-order valence-corrected chi connectivity index (χ4v) is 2.41. The molecule has 0 unspecified atom stereocenters. The number of carbonyl (C=O) groups is 1.